The molecule has 32 heavy (non-hydrogen) atoms. The first-order chi connectivity index (χ1) is 15.4. The van der Waals surface area contributed by atoms with Gasteiger partial charge < -0.3 is 14.9 Å². The number of aromatic nitrogens is 2. The Kier molecular flexibility index (Phi) is 6.77. The highest BCUT2D eigenvalue weighted by Crippen LogP contribution is 2.30. The molecule has 0 radical (unpaired) electrons. The average molecular weight is 438 g/mol. The van der Waals surface area contributed by atoms with E-state index in [4.69, 9.17) is 5.10 Å². The number of hydrogen-bond donors (Lipinski definition) is 1. The fourth-order valence-electron chi connectivity index (χ4n) is 4.25. The molecule has 1 N–H and O–H groups in total. The van der Waals surface area contributed by atoms with Crippen molar-refractivity contribution in [1.82, 2.24) is 19.6 Å². The van der Waals surface area contributed by atoms with Crippen LogP contribution in [0.5, 0.6) is 5.75 Å². The molecule has 7 heteroatoms. The molecule has 1 aromatic heterocycles. The first-order valence-corrected chi connectivity index (χ1v) is 11.2. The molecule has 4 rings (SSSR count). The summed E-state index contributed by atoms with van der Waals surface area (Å²) in [5.41, 5.74) is 4.13. The number of aromatic hydroxyl groups is 1. The summed E-state index contributed by atoms with van der Waals surface area (Å²) in [7, 11) is 2.15. The van der Waals surface area contributed by atoms with Crippen LogP contribution in [0, 0.1) is 12.7 Å². The third-order valence-corrected chi connectivity index (χ3v) is 6.18. The number of phenols is 1. The second-order valence-electron chi connectivity index (χ2n) is 8.54. The predicted molar refractivity (Wildman–Crippen MR) is 126 cm³/mol. The molecule has 0 spiro atoms. The van der Waals surface area contributed by atoms with Gasteiger partial charge >= 0.3 is 0 Å². The number of nitrogens with zero attached hydrogens (tertiary/aromatic N) is 5. The van der Waals surface area contributed by atoms with Crippen LogP contribution in [0.2, 0.25) is 0 Å². The Morgan fingerprint density at radius 3 is 2.41 bits per heavy atom. The van der Waals surface area contributed by atoms with E-state index in [0.717, 1.165) is 68.6 Å². The normalized spacial score (nSPS) is 15.0. The molecule has 0 saturated carbocycles. The Labute approximate surface area is 189 Å². The predicted octanol–water partition coefficient (Wildman–Crippen LogP) is 3.80. The number of rotatable bonds is 7. The van der Waals surface area contributed by atoms with Crippen LogP contribution < -0.4 is 4.90 Å². The number of aryl methyl sites for hydroxylation is 1. The molecule has 0 bridgehead atoms. The minimum Gasteiger partial charge on any atom is -0.508 e. The van der Waals surface area contributed by atoms with Gasteiger partial charge in [0.1, 0.15) is 17.4 Å². The molecular weight excluding hydrogens is 405 g/mol. The molecule has 1 aliphatic heterocycles. The van der Waals surface area contributed by atoms with E-state index >= 15 is 0 Å². The first-order valence-electron chi connectivity index (χ1n) is 11.2. The molecule has 2 heterocycles. The van der Waals surface area contributed by atoms with E-state index in [2.05, 4.69) is 35.6 Å². The zero-order valence-electron chi connectivity index (χ0n) is 19.1. The Balaban J connectivity index is 1.69. The summed E-state index contributed by atoms with van der Waals surface area (Å²) in [4.78, 5) is 7.09. The maximum Gasteiger partial charge on any atom is 0.137 e. The van der Waals surface area contributed by atoms with Crippen LogP contribution in [0.4, 0.5) is 10.2 Å². The van der Waals surface area contributed by atoms with E-state index in [1.54, 1.807) is 18.2 Å². The van der Waals surface area contributed by atoms with Gasteiger partial charge in [0.2, 0.25) is 0 Å². The van der Waals surface area contributed by atoms with Crippen LogP contribution in [0.3, 0.4) is 0 Å². The fraction of sp³-hybridized carbons (Fsp3) is 0.400. The van der Waals surface area contributed by atoms with Crippen LogP contribution in [0.25, 0.3) is 5.69 Å². The molecule has 1 aliphatic rings. The minimum atomic E-state index is -0.248. The summed E-state index contributed by atoms with van der Waals surface area (Å²) in [5, 5.41) is 14.7. The van der Waals surface area contributed by atoms with Crippen molar-refractivity contribution in [2.75, 3.05) is 44.7 Å². The Hall–Kier alpha value is -2.90. The largest absolute Gasteiger partial charge is 0.508 e. The molecule has 0 aliphatic carbocycles. The van der Waals surface area contributed by atoms with E-state index in [1.165, 1.54) is 17.7 Å². The minimum absolute atomic E-state index is 0.248. The monoisotopic (exact) mass is 437 g/mol. The second kappa shape index (κ2) is 9.71. The summed E-state index contributed by atoms with van der Waals surface area (Å²) in [6.07, 6.45) is 0. The number of hydrogen-bond acceptors (Lipinski definition) is 5. The van der Waals surface area contributed by atoms with Gasteiger partial charge in [0.15, 0.2) is 0 Å². The molecule has 0 unspecified atom stereocenters. The highest BCUT2D eigenvalue weighted by atomic mass is 19.1. The third-order valence-electron chi connectivity index (χ3n) is 6.18. The number of halogens is 1. The van der Waals surface area contributed by atoms with Crippen molar-refractivity contribution in [2.24, 2.45) is 0 Å². The van der Waals surface area contributed by atoms with Crippen molar-refractivity contribution in [2.45, 2.75) is 26.9 Å². The zero-order chi connectivity index (χ0) is 22.7. The van der Waals surface area contributed by atoms with Gasteiger partial charge in [0.05, 0.1) is 11.4 Å². The molecule has 1 fully saturated rings. The van der Waals surface area contributed by atoms with E-state index in [-0.39, 0.29) is 11.6 Å². The zero-order valence-corrected chi connectivity index (χ0v) is 19.1. The van der Waals surface area contributed by atoms with Crippen LogP contribution in [0.15, 0.2) is 48.5 Å². The Morgan fingerprint density at radius 1 is 1.03 bits per heavy atom. The average Bonchev–Trinajstić information content (AvgIpc) is 3.10. The number of anilines is 1. The van der Waals surface area contributed by atoms with Crippen LogP contribution in [0.1, 0.15) is 23.7 Å². The van der Waals surface area contributed by atoms with Gasteiger partial charge in [-0.1, -0.05) is 19.1 Å². The Morgan fingerprint density at radius 2 is 1.75 bits per heavy atom. The molecule has 3 aromatic rings. The molecule has 1 saturated heterocycles. The van der Waals surface area contributed by atoms with Crippen molar-refractivity contribution >= 4 is 5.82 Å². The summed E-state index contributed by atoms with van der Waals surface area (Å²) < 4.78 is 15.5. The smallest absolute Gasteiger partial charge is 0.137 e. The standard InChI is InChI=1S/C25H32FN5O/c1-4-29(17-20-6-5-7-23(32)16-20)18-24-19(2)27-31(22-10-8-21(26)9-11-22)25(24)30-14-12-28(3)13-15-30/h5-11,16,32H,4,12-15,17-18H2,1-3H3. The lowest BCUT2D eigenvalue weighted by molar-refractivity contribution is 0.269. The molecule has 0 amide bonds. The summed E-state index contributed by atoms with van der Waals surface area (Å²) in [6.45, 7) is 10.4. The molecule has 2 aromatic carbocycles. The first kappa shape index (κ1) is 22.3. The van der Waals surface area contributed by atoms with Crippen LogP contribution >= 0.6 is 0 Å². The Bertz CT molecular complexity index is 1040. The van der Waals surface area contributed by atoms with Gasteiger partial charge in [-0.05, 0) is 62.5 Å². The van der Waals surface area contributed by atoms with Gasteiger partial charge in [0, 0.05) is 44.8 Å². The van der Waals surface area contributed by atoms with Gasteiger partial charge in [-0.25, -0.2) is 9.07 Å². The topological polar surface area (TPSA) is 47.8 Å². The number of benzene rings is 2. The van der Waals surface area contributed by atoms with E-state index in [1.807, 2.05) is 22.9 Å². The van der Waals surface area contributed by atoms with Crippen molar-refractivity contribution < 1.29 is 9.50 Å². The van der Waals surface area contributed by atoms with Gasteiger partial charge in [-0.15, -0.1) is 0 Å². The highest BCUT2D eigenvalue weighted by molar-refractivity contribution is 5.56. The molecule has 6 nitrogen and oxygen atoms in total. The molecular formula is C25H32FN5O. The second-order valence-corrected chi connectivity index (χ2v) is 8.54. The summed E-state index contributed by atoms with van der Waals surface area (Å²) in [5.74, 6) is 1.14. The summed E-state index contributed by atoms with van der Waals surface area (Å²) in [6, 6.07) is 14.0. The van der Waals surface area contributed by atoms with Crippen molar-refractivity contribution in [3.8, 4) is 11.4 Å². The highest BCUT2D eigenvalue weighted by Gasteiger charge is 2.25. The fourth-order valence-corrected chi connectivity index (χ4v) is 4.25. The number of likely N-dealkylation sites (N-methyl/N-ethyl adjacent to an activating group) is 1. The lowest BCUT2D eigenvalue weighted by Crippen LogP contribution is -2.45. The lowest BCUT2D eigenvalue weighted by atomic mass is 10.1. The molecule has 0 atom stereocenters. The van der Waals surface area contributed by atoms with Gasteiger partial charge in [0.25, 0.3) is 0 Å². The lowest BCUT2D eigenvalue weighted by Gasteiger charge is -2.35. The van der Waals surface area contributed by atoms with Crippen molar-refractivity contribution in [1.29, 1.82) is 0 Å². The van der Waals surface area contributed by atoms with Gasteiger partial charge in [-0.3, -0.25) is 4.90 Å². The van der Waals surface area contributed by atoms with Crippen LogP contribution in [-0.4, -0.2) is 64.5 Å². The SMILES string of the molecule is CCN(Cc1cccc(O)c1)Cc1c(C)nn(-c2ccc(F)cc2)c1N1CCN(C)CC1. The summed E-state index contributed by atoms with van der Waals surface area (Å²) >= 11 is 0. The van der Waals surface area contributed by atoms with Crippen LogP contribution in [-0.2, 0) is 13.1 Å². The van der Waals surface area contributed by atoms with E-state index in [0.29, 0.717) is 0 Å². The third kappa shape index (κ3) is 4.95. The maximum absolute atomic E-state index is 13.6. The van der Waals surface area contributed by atoms with Crippen molar-refractivity contribution in [3.05, 3.63) is 71.2 Å². The van der Waals surface area contributed by atoms with Gasteiger partial charge in [-0.2, -0.15) is 5.10 Å². The van der Waals surface area contributed by atoms with E-state index < -0.39 is 0 Å². The molecule has 170 valence electrons. The van der Waals surface area contributed by atoms with E-state index in [9.17, 15) is 9.50 Å². The number of phenolic OH excluding ortho intramolecular Hbond substituents is 1. The van der Waals surface area contributed by atoms with Crippen molar-refractivity contribution in [3.63, 3.8) is 0 Å². The quantitative estimate of drug-likeness (QED) is 0.609. The maximum atomic E-state index is 13.6. The number of piperazine rings is 1.